The molecular weight excluding hydrogens is 332 g/mol. The Bertz CT molecular complexity index is 683. The number of fused-ring (bicyclic) bond motifs is 1. The molecule has 1 N–H and O–H groups in total. The molecule has 1 saturated heterocycles. The highest BCUT2D eigenvalue weighted by atomic mass is 79.9. The molecule has 0 saturated carbocycles. The Morgan fingerprint density at radius 2 is 2.10 bits per heavy atom. The summed E-state index contributed by atoms with van der Waals surface area (Å²) in [5.74, 6) is 0.198. The van der Waals surface area contributed by atoms with E-state index in [0.717, 1.165) is 34.2 Å². The van der Waals surface area contributed by atoms with Gasteiger partial charge in [0.1, 0.15) is 0 Å². The minimum atomic E-state index is -0.0131. The number of halogens is 1. The molecule has 0 bridgehead atoms. The molecule has 21 heavy (non-hydrogen) atoms. The average molecular weight is 351 g/mol. The second-order valence-electron chi connectivity index (χ2n) is 5.86. The van der Waals surface area contributed by atoms with Crippen LogP contribution in [0.5, 0.6) is 0 Å². The standard InChI is InChI=1S/C15H19BrN4O/c1-9-7-20(8-10(2)19(3)15(9)21)14-5-11(16)4-13-12(14)6-17-18-13/h4-6,9-10H,7-8H2,1-3H3,(H,17,18)/t9-,10+/m1/s1. The zero-order chi connectivity index (χ0) is 15.1. The van der Waals surface area contributed by atoms with Crippen LogP contribution in [-0.2, 0) is 4.79 Å². The van der Waals surface area contributed by atoms with Crippen molar-refractivity contribution in [1.29, 1.82) is 0 Å². The third-order valence-corrected chi connectivity index (χ3v) is 4.71. The van der Waals surface area contributed by atoms with Crippen LogP contribution in [0.1, 0.15) is 13.8 Å². The summed E-state index contributed by atoms with van der Waals surface area (Å²) in [6.45, 7) is 5.63. The van der Waals surface area contributed by atoms with Gasteiger partial charge in [0.25, 0.3) is 0 Å². The molecule has 112 valence electrons. The first-order chi connectivity index (χ1) is 9.97. The summed E-state index contributed by atoms with van der Waals surface area (Å²) in [5, 5.41) is 8.24. The van der Waals surface area contributed by atoms with Crippen LogP contribution >= 0.6 is 15.9 Å². The molecule has 1 aliphatic heterocycles. The minimum absolute atomic E-state index is 0.0131. The largest absolute Gasteiger partial charge is 0.368 e. The normalized spacial score (nSPS) is 23.7. The molecule has 1 aromatic heterocycles. The Kier molecular flexibility index (Phi) is 3.65. The Labute approximate surface area is 132 Å². The first-order valence-corrected chi connectivity index (χ1v) is 7.91. The number of anilines is 1. The number of likely N-dealkylation sites (N-methyl/N-ethyl adjacent to an activating group) is 1. The summed E-state index contributed by atoms with van der Waals surface area (Å²) in [6, 6.07) is 4.31. The molecule has 5 nitrogen and oxygen atoms in total. The SMILES string of the molecule is C[C@@H]1CN(c2cc(Br)cc3[nH]ncc23)C[C@H](C)N(C)C1=O. The van der Waals surface area contributed by atoms with Gasteiger partial charge in [-0.05, 0) is 19.1 Å². The van der Waals surface area contributed by atoms with Crippen molar-refractivity contribution in [2.45, 2.75) is 19.9 Å². The maximum absolute atomic E-state index is 12.3. The lowest BCUT2D eigenvalue weighted by molar-refractivity contribution is -0.134. The smallest absolute Gasteiger partial charge is 0.227 e. The number of hydrogen-bond donors (Lipinski definition) is 1. The summed E-state index contributed by atoms with van der Waals surface area (Å²) in [6.07, 6.45) is 1.85. The van der Waals surface area contributed by atoms with Crippen LogP contribution in [0.15, 0.2) is 22.8 Å². The lowest BCUT2D eigenvalue weighted by atomic mass is 10.1. The van der Waals surface area contributed by atoms with Crippen LogP contribution in [0.25, 0.3) is 10.9 Å². The van der Waals surface area contributed by atoms with Gasteiger partial charge in [0.2, 0.25) is 5.91 Å². The lowest BCUT2D eigenvalue weighted by Crippen LogP contribution is -2.39. The van der Waals surface area contributed by atoms with Crippen molar-refractivity contribution in [2.75, 3.05) is 25.0 Å². The Balaban J connectivity index is 2.05. The highest BCUT2D eigenvalue weighted by Crippen LogP contribution is 2.31. The van der Waals surface area contributed by atoms with Crippen LogP contribution in [0.2, 0.25) is 0 Å². The molecule has 1 aliphatic rings. The maximum Gasteiger partial charge on any atom is 0.227 e. The summed E-state index contributed by atoms with van der Waals surface area (Å²) < 4.78 is 1.01. The third-order valence-electron chi connectivity index (χ3n) is 4.25. The number of aromatic nitrogens is 2. The van der Waals surface area contributed by atoms with E-state index in [0.29, 0.717) is 0 Å². The van der Waals surface area contributed by atoms with E-state index < -0.39 is 0 Å². The van der Waals surface area contributed by atoms with Gasteiger partial charge in [-0.25, -0.2) is 0 Å². The van der Waals surface area contributed by atoms with Gasteiger partial charge in [0.15, 0.2) is 0 Å². The monoisotopic (exact) mass is 350 g/mol. The quantitative estimate of drug-likeness (QED) is 0.859. The van der Waals surface area contributed by atoms with Gasteiger partial charge in [0, 0.05) is 41.7 Å². The molecule has 2 aromatic rings. The fourth-order valence-electron chi connectivity index (χ4n) is 2.95. The molecule has 0 unspecified atom stereocenters. The van der Waals surface area contributed by atoms with Crippen LogP contribution in [0.4, 0.5) is 5.69 Å². The zero-order valence-electron chi connectivity index (χ0n) is 12.4. The van der Waals surface area contributed by atoms with Gasteiger partial charge in [-0.15, -0.1) is 0 Å². The summed E-state index contributed by atoms with van der Waals surface area (Å²) in [4.78, 5) is 16.4. The maximum atomic E-state index is 12.3. The number of nitrogens with one attached hydrogen (secondary N) is 1. The van der Waals surface area contributed by atoms with E-state index in [2.05, 4.69) is 44.0 Å². The second kappa shape index (κ2) is 5.33. The first-order valence-electron chi connectivity index (χ1n) is 7.11. The number of amides is 1. The van der Waals surface area contributed by atoms with Crippen molar-refractivity contribution >= 4 is 38.4 Å². The molecule has 1 amide bonds. The van der Waals surface area contributed by atoms with Crippen LogP contribution in [-0.4, -0.2) is 47.2 Å². The van der Waals surface area contributed by atoms with Crippen molar-refractivity contribution in [3.8, 4) is 0 Å². The number of carbonyl (C=O) groups is 1. The molecule has 2 atom stereocenters. The predicted octanol–water partition coefficient (Wildman–Crippen LogP) is 2.63. The molecule has 0 radical (unpaired) electrons. The van der Waals surface area contributed by atoms with Gasteiger partial charge < -0.3 is 9.80 Å². The first kappa shape index (κ1) is 14.4. The molecule has 1 aromatic carbocycles. The van der Waals surface area contributed by atoms with E-state index in [1.165, 1.54) is 0 Å². The van der Waals surface area contributed by atoms with E-state index >= 15 is 0 Å². The highest BCUT2D eigenvalue weighted by Gasteiger charge is 2.30. The third kappa shape index (κ3) is 2.52. The number of aromatic amines is 1. The summed E-state index contributed by atoms with van der Waals surface area (Å²) >= 11 is 3.56. The van der Waals surface area contributed by atoms with Gasteiger partial charge >= 0.3 is 0 Å². The molecule has 2 heterocycles. The molecule has 6 heteroatoms. The van der Waals surface area contributed by atoms with Gasteiger partial charge in [0.05, 0.1) is 17.6 Å². The Morgan fingerprint density at radius 1 is 1.33 bits per heavy atom. The molecular formula is C15H19BrN4O. The number of nitrogens with zero attached hydrogens (tertiary/aromatic N) is 3. The van der Waals surface area contributed by atoms with E-state index in [9.17, 15) is 4.79 Å². The fourth-order valence-corrected chi connectivity index (χ4v) is 3.39. The van der Waals surface area contributed by atoms with Crippen LogP contribution in [0.3, 0.4) is 0 Å². The topological polar surface area (TPSA) is 52.2 Å². The molecule has 1 fully saturated rings. The molecule has 0 spiro atoms. The van der Waals surface area contributed by atoms with Crippen molar-refractivity contribution in [3.05, 3.63) is 22.8 Å². The lowest BCUT2D eigenvalue weighted by Gasteiger charge is -2.28. The minimum Gasteiger partial charge on any atom is -0.368 e. The number of rotatable bonds is 1. The number of carbonyl (C=O) groups excluding carboxylic acids is 1. The summed E-state index contributed by atoms with van der Waals surface area (Å²) in [5.41, 5.74) is 2.12. The van der Waals surface area contributed by atoms with E-state index in [-0.39, 0.29) is 17.9 Å². The average Bonchev–Trinajstić information content (AvgIpc) is 2.88. The number of hydrogen-bond acceptors (Lipinski definition) is 3. The predicted molar refractivity (Wildman–Crippen MR) is 87.4 cm³/mol. The number of benzene rings is 1. The Hall–Kier alpha value is -1.56. The van der Waals surface area contributed by atoms with Gasteiger partial charge in [-0.3, -0.25) is 9.89 Å². The van der Waals surface area contributed by atoms with Crippen molar-refractivity contribution in [1.82, 2.24) is 15.1 Å². The van der Waals surface area contributed by atoms with Crippen molar-refractivity contribution in [3.63, 3.8) is 0 Å². The number of H-pyrrole nitrogens is 1. The summed E-state index contributed by atoms with van der Waals surface area (Å²) in [7, 11) is 1.89. The zero-order valence-corrected chi connectivity index (χ0v) is 14.0. The molecule has 3 rings (SSSR count). The van der Waals surface area contributed by atoms with Crippen molar-refractivity contribution in [2.24, 2.45) is 5.92 Å². The van der Waals surface area contributed by atoms with Gasteiger partial charge in [-0.2, -0.15) is 5.10 Å². The Morgan fingerprint density at radius 3 is 2.86 bits per heavy atom. The van der Waals surface area contributed by atoms with Crippen LogP contribution in [0, 0.1) is 5.92 Å². The van der Waals surface area contributed by atoms with E-state index in [4.69, 9.17) is 0 Å². The second-order valence-corrected chi connectivity index (χ2v) is 6.78. The van der Waals surface area contributed by atoms with Gasteiger partial charge in [-0.1, -0.05) is 22.9 Å². The fraction of sp³-hybridized carbons (Fsp3) is 0.467. The van der Waals surface area contributed by atoms with E-state index in [1.807, 2.05) is 31.1 Å². The van der Waals surface area contributed by atoms with E-state index in [1.54, 1.807) is 0 Å². The van der Waals surface area contributed by atoms with Crippen molar-refractivity contribution < 1.29 is 4.79 Å². The van der Waals surface area contributed by atoms with Crippen LogP contribution < -0.4 is 4.90 Å². The molecule has 0 aliphatic carbocycles. The highest BCUT2D eigenvalue weighted by molar-refractivity contribution is 9.10.